The summed E-state index contributed by atoms with van der Waals surface area (Å²) in [7, 11) is 0. The zero-order chi connectivity index (χ0) is 11.7. The highest BCUT2D eigenvalue weighted by Crippen LogP contribution is 2.84. The Morgan fingerprint density at radius 3 is 1.65 bits per heavy atom. The lowest BCUT2D eigenvalue weighted by atomic mass is 9.79. The van der Waals surface area contributed by atoms with E-state index in [9.17, 15) is 9.59 Å². The number of hydrogen-bond donors (Lipinski definition) is 0. The van der Waals surface area contributed by atoms with Gasteiger partial charge in [-0.2, -0.15) is 0 Å². The molecule has 17 heavy (non-hydrogen) atoms. The third-order valence-electron chi connectivity index (χ3n) is 6.47. The second-order valence-electron chi connectivity index (χ2n) is 6.60. The van der Waals surface area contributed by atoms with Crippen molar-refractivity contribution in [3.8, 4) is 0 Å². The summed E-state index contributed by atoms with van der Waals surface area (Å²) in [6.45, 7) is 0. The molecule has 0 unspecified atom stereocenters. The Balaban J connectivity index is 1.80. The normalized spacial score (nSPS) is 64.1. The second-order valence-corrected chi connectivity index (χ2v) is 8.57. The van der Waals surface area contributed by atoms with Crippen LogP contribution in [0.25, 0.3) is 0 Å². The molecule has 5 aliphatic carbocycles. The highest BCUT2D eigenvalue weighted by atomic mass is 79.9. The molecule has 8 atom stereocenters. The summed E-state index contributed by atoms with van der Waals surface area (Å²) < 4.78 is 0. The van der Waals surface area contributed by atoms with Crippen LogP contribution in [0.4, 0.5) is 0 Å². The van der Waals surface area contributed by atoms with Gasteiger partial charge in [-0.3, -0.25) is 9.59 Å². The number of carbonyl (C=O) groups excluding carboxylic acids is 2. The Bertz CT molecular complexity index is 444. The first-order valence-corrected chi connectivity index (χ1v) is 8.28. The van der Waals surface area contributed by atoms with Crippen LogP contribution in [-0.2, 0) is 9.59 Å². The Labute approximate surface area is 116 Å². The van der Waals surface area contributed by atoms with Crippen molar-refractivity contribution < 1.29 is 9.59 Å². The van der Waals surface area contributed by atoms with Crippen LogP contribution in [0.5, 0.6) is 0 Å². The Kier molecular flexibility index (Phi) is 1.55. The third-order valence-corrected chi connectivity index (χ3v) is 8.59. The van der Waals surface area contributed by atoms with Crippen molar-refractivity contribution in [2.75, 3.05) is 0 Å². The van der Waals surface area contributed by atoms with Crippen LogP contribution in [-0.4, -0.2) is 21.2 Å². The minimum Gasteiger partial charge on any atom is -0.298 e. The Morgan fingerprint density at radius 2 is 1.29 bits per heavy atom. The Hall–Kier alpha value is 0.300. The molecule has 0 aromatic carbocycles. The predicted molar refractivity (Wildman–Crippen MR) is 68.1 cm³/mol. The SMILES string of the molecule is O=C1[C@H]2[C@@H]3C(=O)[C@H](Br)[C@H]4[C@H]([C@@H]2C2(CC2)[C@@H]34)[C@@H]1Br. The maximum absolute atomic E-state index is 12.4. The molecule has 5 saturated carbocycles. The van der Waals surface area contributed by atoms with Crippen molar-refractivity contribution in [2.24, 2.45) is 40.9 Å². The topological polar surface area (TPSA) is 34.1 Å². The van der Waals surface area contributed by atoms with Gasteiger partial charge in [0.05, 0.1) is 9.65 Å². The summed E-state index contributed by atoms with van der Waals surface area (Å²) in [6, 6.07) is 0. The van der Waals surface area contributed by atoms with Crippen LogP contribution in [0.3, 0.4) is 0 Å². The van der Waals surface area contributed by atoms with E-state index in [-0.39, 0.29) is 21.5 Å². The van der Waals surface area contributed by atoms with Crippen LogP contribution in [0, 0.1) is 40.9 Å². The van der Waals surface area contributed by atoms with Gasteiger partial charge in [-0.25, -0.2) is 0 Å². The second kappa shape index (κ2) is 2.60. The molecule has 5 rings (SSSR count). The molecule has 0 aromatic rings. The first-order valence-electron chi connectivity index (χ1n) is 6.45. The molecule has 90 valence electrons. The lowest BCUT2D eigenvalue weighted by molar-refractivity contribution is -0.128. The van der Waals surface area contributed by atoms with Crippen LogP contribution in [0.2, 0.25) is 0 Å². The van der Waals surface area contributed by atoms with Crippen LogP contribution < -0.4 is 0 Å². The summed E-state index contributed by atoms with van der Waals surface area (Å²) in [5.41, 5.74) is 0.404. The fourth-order valence-electron chi connectivity index (χ4n) is 6.13. The standard InChI is InChI=1S/C13H12Br2O2/c14-9-3-4-8-6(12(17)10(4)15)5(11(9)16)7(3)13(8)1-2-13/h3-10H,1-2H2/t3-,4+,5-,6-,7+,8-,9+,10-/m0/s1. The van der Waals surface area contributed by atoms with Gasteiger partial charge in [-0.05, 0) is 41.9 Å². The quantitative estimate of drug-likeness (QED) is 0.621. The molecule has 2 nitrogen and oxygen atoms in total. The molecule has 0 N–H and O–H groups in total. The summed E-state index contributed by atoms with van der Waals surface area (Å²) in [4.78, 5) is 24.8. The molecule has 1 spiro atoms. The lowest BCUT2D eigenvalue weighted by Gasteiger charge is -2.24. The van der Waals surface area contributed by atoms with Gasteiger partial charge in [0.25, 0.3) is 0 Å². The maximum Gasteiger partial charge on any atom is 0.150 e. The van der Waals surface area contributed by atoms with Gasteiger partial charge in [0.15, 0.2) is 11.6 Å². The van der Waals surface area contributed by atoms with E-state index in [1.54, 1.807) is 0 Å². The van der Waals surface area contributed by atoms with E-state index < -0.39 is 0 Å². The predicted octanol–water partition coefficient (Wildman–Crippen LogP) is 2.18. The van der Waals surface area contributed by atoms with Crippen LogP contribution in [0.1, 0.15) is 12.8 Å². The van der Waals surface area contributed by atoms with E-state index in [1.165, 1.54) is 12.8 Å². The largest absolute Gasteiger partial charge is 0.298 e. The molecule has 0 amide bonds. The van der Waals surface area contributed by atoms with Gasteiger partial charge in [0, 0.05) is 11.8 Å². The van der Waals surface area contributed by atoms with Gasteiger partial charge in [0.2, 0.25) is 0 Å². The molecule has 0 heterocycles. The summed E-state index contributed by atoms with van der Waals surface area (Å²) in [6.07, 6.45) is 2.53. The van der Waals surface area contributed by atoms with Crippen LogP contribution >= 0.6 is 31.9 Å². The van der Waals surface area contributed by atoms with Gasteiger partial charge < -0.3 is 0 Å². The van der Waals surface area contributed by atoms with Crippen molar-refractivity contribution >= 4 is 43.4 Å². The van der Waals surface area contributed by atoms with E-state index >= 15 is 0 Å². The molecule has 0 saturated heterocycles. The van der Waals surface area contributed by atoms with Gasteiger partial charge in [0.1, 0.15) is 0 Å². The number of fused-ring (bicyclic) bond motifs is 2. The third kappa shape index (κ3) is 0.782. The molecule has 0 radical (unpaired) electrons. The van der Waals surface area contributed by atoms with Crippen LogP contribution in [0.15, 0.2) is 0 Å². The van der Waals surface area contributed by atoms with Gasteiger partial charge in [-0.15, -0.1) is 0 Å². The fourth-order valence-corrected chi connectivity index (χ4v) is 8.10. The zero-order valence-electron chi connectivity index (χ0n) is 9.11. The first-order chi connectivity index (χ1) is 8.09. The van der Waals surface area contributed by atoms with Crippen molar-refractivity contribution in [3.63, 3.8) is 0 Å². The average Bonchev–Trinajstić information content (AvgIpc) is 2.90. The Morgan fingerprint density at radius 1 is 0.882 bits per heavy atom. The van der Waals surface area contributed by atoms with Crippen molar-refractivity contribution in [3.05, 3.63) is 0 Å². The van der Waals surface area contributed by atoms with Gasteiger partial charge >= 0.3 is 0 Å². The van der Waals surface area contributed by atoms with E-state index in [2.05, 4.69) is 31.9 Å². The minimum atomic E-state index is 0.0307. The number of alkyl halides is 2. The number of halogens is 2. The monoisotopic (exact) mass is 358 g/mol. The van der Waals surface area contributed by atoms with E-state index in [1.807, 2.05) is 0 Å². The molecule has 5 aliphatic rings. The van der Waals surface area contributed by atoms with E-state index in [0.29, 0.717) is 40.7 Å². The van der Waals surface area contributed by atoms with E-state index in [4.69, 9.17) is 0 Å². The molecule has 2 bridgehead atoms. The summed E-state index contributed by atoms with van der Waals surface area (Å²) in [5, 5.41) is 0. The van der Waals surface area contributed by atoms with Crippen molar-refractivity contribution in [1.82, 2.24) is 0 Å². The number of ketones is 2. The zero-order valence-corrected chi connectivity index (χ0v) is 12.3. The lowest BCUT2D eigenvalue weighted by Crippen LogP contribution is -2.29. The summed E-state index contributed by atoms with van der Waals surface area (Å²) in [5.74, 6) is 2.77. The smallest absolute Gasteiger partial charge is 0.150 e. The molecule has 4 heteroatoms. The average molecular weight is 360 g/mol. The molecule has 0 aromatic heterocycles. The van der Waals surface area contributed by atoms with Crippen molar-refractivity contribution in [2.45, 2.75) is 22.5 Å². The molecule has 5 fully saturated rings. The molecule has 0 aliphatic heterocycles. The fraction of sp³-hybridized carbons (Fsp3) is 0.846. The first kappa shape index (κ1) is 10.1. The number of Topliss-reactive ketones (excluding diaryl/α,β-unsaturated/α-hetero) is 2. The molecular weight excluding hydrogens is 348 g/mol. The van der Waals surface area contributed by atoms with Gasteiger partial charge in [-0.1, -0.05) is 31.9 Å². The minimum absolute atomic E-state index is 0.0307. The maximum atomic E-state index is 12.4. The molecular formula is C13H12Br2O2. The highest BCUT2D eigenvalue weighted by Gasteiger charge is 2.85. The highest BCUT2D eigenvalue weighted by molar-refractivity contribution is 9.10. The number of carbonyl (C=O) groups is 2. The van der Waals surface area contributed by atoms with Crippen molar-refractivity contribution in [1.29, 1.82) is 0 Å². The van der Waals surface area contributed by atoms with E-state index in [0.717, 1.165) is 0 Å². The summed E-state index contributed by atoms with van der Waals surface area (Å²) >= 11 is 7.25. The number of rotatable bonds is 0. The number of hydrogen-bond acceptors (Lipinski definition) is 2.